The van der Waals surface area contributed by atoms with E-state index in [1.54, 1.807) is 0 Å². The number of para-hydroxylation sites is 1. The number of benzene rings is 2. The third-order valence-electron chi connectivity index (χ3n) is 4.15. The molecule has 0 radical (unpaired) electrons. The van der Waals surface area contributed by atoms with E-state index in [2.05, 4.69) is 28.9 Å². The molecule has 3 nitrogen and oxygen atoms in total. The van der Waals surface area contributed by atoms with Gasteiger partial charge in [-0.05, 0) is 37.1 Å². The molecule has 0 saturated carbocycles. The fraction of sp³-hybridized carbons (Fsp3) is 0.211. The van der Waals surface area contributed by atoms with Gasteiger partial charge in [-0.1, -0.05) is 48.0 Å². The molecule has 1 aromatic heterocycles. The van der Waals surface area contributed by atoms with Crippen LogP contribution in [-0.4, -0.2) is 10.5 Å². The molecule has 0 aliphatic rings. The largest absolute Gasteiger partial charge is 0.347 e. The van der Waals surface area contributed by atoms with Crippen LogP contribution in [0, 0.1) is 6.92 Å². The molecule has 2 aromatic carbocycles. The van der Waals surface area contributed by atoms with E-state index in [1.165, 1.54) is 0 Å². The number of hydrogen-bond acceptors (Lipinski definition) is 1. The average molecular weight is 327 g/mol. The summed E-state index contributed by atoms with van der Waals surface area (Å²) in [5.74, 6) is -0.0690. The Kier molecular flexibility index (Phi) is 4.39. The van der Waals surface area contributed by atoms with Crippen LogP contribution in [0.3, 0.4) is 0 Å². The van der Waals surface area contributed by atoms with E-state index < -0.39 is 0 Å². The summed E-state index contributed by atoms with van der Waals surface area (Å²) in [6.07, 6.45) is 0. The van der Waals surface area contributed by atoms with E-state index in [4.69, 9.17) is 11.6 Å². The predicted octanol–water partition coefficient (Wildman–Crippen LogP) is 4.55. The second kappa shape index (κ2) is 6.47. The molecule has 0 aliphatic heterocycles. The van der Waals surface area contributed by atoms with Crippen LogP contribution in [0.5, 0.6) is 0 Å². The molecule has 23 heavy (non-hydrogen) atoms. The summed E-state index contributed by atoms with van der Waals surface area (Å²) in [4.78, 5) is 12.7. The zero-order chi connectivity index (χ0) is 16.4. The number of hydrogen-bond donors (Lipinski definition) is 1. The van der Waals surface area contributed by atoms with E-state index >= 15 is 0 Å². The lowest BCUT2D eigenvalue weighted by atomic mass is 10.1. The fourth-order valence-corrected chi connectivity index (χ4v) is 3.20. The van der Waals surface area contributed by atoms with Gasteiger partial charge in [-0.25, -0.2) is 0 Å². The van der Waals surface area contributed by atoms with Crippen molar-refractivity contribution in [1.29, 1.82) is 0 Å². The average Bonchev–Trinajstić information content (AvgIpc) is 2.86. The summed E-state index contributed by atoms with van der Waals surface area (Å²) in [6, 6.07) is 15.7. The molecule has 0 spiro atoms. The van der Waals surface area contributed by atoms with Crippen molar-refractivity contribution < 1.29 is 4.79 Å². The normalized spacial score (nSPS) is 10.9. The second-order valence-corrected chi connectivity index (χ2v) is 5.92. The van der Waals surface area contributed by atoms with E-state index in [9.17, 15) is 4.79 Å². The third kappa shape index (κ3) is 2.84. The summed E-state index contributed by atoms with van der Waals surface area (Å²) in [5, 5.41) is 4.78. The smallest absolute Gasteiger partial charge is 0.268 e. The van der Waals surface area contributed by atoms with Gasteiger partial charge in [0.1, 0.15) is 5.69 Å². The Morgan fingerprint density at radius 3 is 2.57 bits per heavy atom. The van der Waals surface area contributed by atoms with Crippen LogP contribution in [0.2, 0.25) is 5.02 Å². The Bertz CT molecular complexity index is 867. The van der Waals surface area contributed by atoms with Crippen molar-refractivity contribution in [2.45, 2.75) is 26.9 Å². The quantitative estimate of drug-likeness (QED) is 0.749. The number of fused-ring (bicyclic) bond motifs is 1. The summed E-state index contributed by atoms with van der Waals surface area (Å²) in [7, 11) is 0. The third-order valence-corrected chi connectivity index (χ3v) is 4.52. The lowest BCUT2D eigenvalue weighted by molar-refractivity contribution is 0.0941. The maximum Gasteiger partial charge on any atom is 0.268 e. The number of nitrogens with one attached hydrogen (secondary N) is 1. The van der Waals surface area contributed by atoms with E-state index in [0.29, 0.717) is 11.6 Å². The number of carbonyl (C=O) groups excluding carboxylic acids is 1. The van der Waals surface area contributed by atoms with Crippen LogP contribution in [0.1, 0.15) is 28.5 Å². The molecular weight excluding hydrogens is 308 g/mol. The maximum atomic E-state index is 12.7. The Morgan fingerprint density at radius 1 is 1.13 bits per heavy atom. The molecule has 0 aliphatic carbocycles. The molecule has 4 heteroatoms. The molecule has 0 fully saturated rings. The van der Waals surface area contributed by atoms with Crippen molar-refractivity contribution in [1.82, 2.24) is 9.88 Å². The Labute approximate surface area is 140 Å². The zero-order valence-electron chi connectivity index (χ0n) is 13.3. The Morgan fingerprint density at radius 2 is 1.83 bits per heavy atom. The summed E-state index contributed by atoms with van der Waals surface area (Å²) < 4.78 is 2.06. The highest BCUT2D eigenvalue weighted by molar-refractivity contribution is 6.31. The number of halogens is 1. The Balaban J connectivity index is 1.92. The van der Waals surface area contributed by atoms with Crippen molar-refractivity contribution in [3.63, 3.8) is 0 Å². The Hall–Kier alpha value is -2.26. The zero-order valence-corrected chi connectivity index (χ0v) is 14.0. The van der Waals surface area contributed by atoms with Crippen LogP contribution in [-0.2, 0) is 13.1 Å². The lowest BCUT2D eigenvalue weighted by Gasteiger charge is -2.10. The molecule has 1 N–H and O–H groups in total. The first-order valence-electron chi connectivity index (χ1n) is 7.73. The molecular formula is C19H19ClN2O. The highest BCUT2D eigenvalue weighted by Crippen LogP contribution is 2.25. The molecule has 0 unspecified atom stereocenters. The first-order chi connectivity index (χ1) is 11.1. The summed E-state index contributed by atoms with van der Waals surface area (Å²) in [5.41, 5.74) is 3.74. The van der Waals surface area contributed by atoms with Gasteiger partial charge in [0.05, 0.1) is 0 Å². The van der Waals surface area contributed by atoms with Crippen LogP contribution >= 0.6 is 11.6 Å². The molecule has 118 valence electrons. The van der Waals surface area contributed by atoms with Gasteiger partial charge < -0.3 is 9.88 Å². The molecule has 0 bridgehead atoms. The van der Waals surface area contributed by atoms with Gasteiger partial charge in [0.15, 0.2) is 0 Å². The van der Waals surface area contributed by atoms with Gasteiger partial charge in [0, 0.05) is 29.0 Å². The van der Waals surface area contributed by atoms with Crippen molar-refractivity contribution in [2.24, 2.45) is 0 Å². The van der Waals surface area contributed by atoms with E-state index in [1.807, 2.05) is 43.3 Å². The number of aryl methyl sites for hydroxylation is 2. The molecule has 1 amide bonds. The second-order valence-electron chi connectivity index (χ2n) is 5.51. The van der Waals surface area contributed by atoms with Crippen LogP contribution in [0.4, 0.5) is 0 Å². The highest BCUT2D eigenvalue weighted by atomic mass is 35.5. The van der Waals surface area contributed by atoms with Crippen molar-refractivity contribution in [2.75, 3.05) is 0 Å². The van der Waals surface area contributed by atoms with Crippen molar-refractivity contribution >= 4 is 28.4 Å². The monoisotopic (exact) mass is 326 g/mol. The first kappa shape index (κ1) is 15.6. The van der Waals surface area contributed by atoms with E-state index in [-0.39, 0.29) is 5.91 Å². The standard InChI is InChI=1S/C19H19ClN2O/c1-3-22-17-11-7-5-9-15(17)13(2)18(22)19(23)21-12-14-8-4-6-10-16(14)20/h4-11H,3,12H2,1-2H3,(H,21,23). The number of carbonyl (C=O) groups is 1. The van der Waals surface area contributed by atoms with Gasteiger partial charge in [-0.3, -0.25) is 4.79 Å². The van der Waals surface area contributed by atoms with Gasteiger partial charge >= 0.3 is 0 Å². The van der Waals surface area contributed by atoms with Crippen LogP contribution in [0.15, 0.2) is 48.5 Å². The minimum Gasteiger partial charge on any atom is -0.347 e. The molecule has 3 rings (SSSR count). The molecule has 1 heterocycles. The van der Waals surface area contributed by atoms with Gasteiger partial charge in [0.2, 0.25) is 0 Å². The lowest BCUT2D eigenvalue weighted by Crippen LogP contribution is -2.26. The maximum absolute atomic E-state index is 12.7. The summed E-state index contributed by atoms with van der Waals surface area (Å²) in [6.45, 7) is 5.22. The fourth-order valence-electron chi connectivity index (χ4n) is 3.00. The van der Waals surface area contributed by atoms with Gasteiger partial charge in [-0.2, -0.15) is 0 Å². The SMILES string of the molecule is CCn1c(C(=O)NCc2ccccc2Cl)c(C)c2ccccc21. The topological polar surface area (TPSA) is 34.0 Å². The highest BCUT2D eigenvalue weighted by Gasteiger charge is 2.19. The minimum absolute atomic E-state index is 0.0690. The van der Waals surface area contributed by atoms with Crippen LogP contribution < -0.4 is 5.32 Å². The molecule has 0 saturated heterocycles. The number of amides is 1. The van der Waals surface area contributed by atoms with Gasteiger partial charge in [-0.15, -0.1) is 0 Å². The molecule has 0 atom stereocenters. The van der Waals surface area contributed by atoms with E-state index in [0.717, 1.165) is 34.3 Å². The number of rotatable bonds is 4. The van der Waals surface area contributed by atoms with Gasteiger partial charge in [0.25, 0.3) is 5.91 Å². The summed E-state index contributed by atoms with van der Waals surface area (Å²) >= 11 is 6.15. The first-order valence-corrected chi connectivity index (χ1v) is 8.10. The van der Waals surface area contributed by atoms with Crippen molar-refractivity contribution in [3.8, 4) is 0 Å². The van der Waals surface area contributed by atoms with Crippen molar-refractivity contribution in [3.05, 3.63) is 70.4 Å². The minimum atomic E-state index is -0.0690. The number of aromatic nitrogens is 1. The molecule has 3 aromatic rings. The van der Waals surface area contributed by atoms with Crippen LogP contribution in [0.25, 0.3) is 10.9 Å². The number of nitrogens with zero attached hydrogens (tertiary/aromatic N) is 1. The predicted molar refractivity (Wildman–Crippen MR) is 95.0 cm³/mol.